The molecule has 0 amide bonds. The van der Waals surface area contributed by atoms with Crippen LogP contribution in [0.1, 0.15) is 40.4 Å². The van der Waals surface area contributed by atoms with E-state index in [-0.39, 0.29) is 0 Å². The molecule has 0 unspecified atom stereocenters. The normalized spacial score (nSPS) is 12.1. The number of benzene rings is 2. The third-order valence-corrected chi connectivity index (χ3v) is 3.84. The van der Waals surface area contributed by atoms with Gasteiger partial charge in [-0.25, -0.2) is 4.79 Å². The number of fused-ring (bicyclic) bond motifs is 3. The molecular weight excluding hydrogens is 236 g/mol. The highest BCUT2D eigenvalue weighted by Crippen LogP contribution is 2.39. The Balaban J connectivity index is 2.22. The molecule has 0 heterocycles. The van der Waals surface area contributed by atoms with Crippen LogP contribution in [0.15, 0.2) is 36.4 Å². The fourth-order valence-electron chi connectivity index (χ4n) is 3.01. The van der Waals surface area contributed by atoms with E-state index in [2.05, 4.69) is 19.1 Å². The molecule has 2 aromatic rings. The molecular formula is C17H16O2. The van der Waals surface area contributed by atoms with Gasteiger partial charge in [-0.2, -0.15) is 0 Å². The van der Waals surface area contributed by atoms with Crippen LogP contribution in [0, 0.1) is 0 Å². The van der Waals surface area contributed by atoms with Gasteiger partial charge >= 0.3 is 5.97 Å². The van der Waals surface area contributed by atoms with E-state index < -0.39 is 5.97 Å². The highest BCUT2D eigenvalue weighted by atomic mass is 16.4. The minimum Gasteiger partial charge on any atom is -0.478 e. The number of carboxylic acid groups (broad SMARTS) is 1. The van der Waals surface area contributed by atoms with Crippen LogP contribution in [0.25, 0.3) is 11.1 Å². The van der Waals surface area contributed by atoms with E-state index in [4.69, 9.17) is 0 Å². The van der Waals surface area contributed by atoms with Crippen molar-refractivity contribution >= 4 is 5.97 Å². The van der Waals surface area contributed by atoms with E-state index in [1.807, 2.05) is 18.2 Å². The van der Waals surface area contributed by atoms with E-state index in [1.165, 1.54) is 22.3 Å². The van der Waals surface area contributed by atoms with Crippen molar-refractivity contribution in [3.8, 4) is 11.1 Å². The van der Waals surface area contributed by atoms with E-state index in [9.17, 15) is 9.90 Å². The van der Waals surface area contributed by atoms with E-state index in [0.29, 0.717) is 5.56 Å². The summed E-state index contributed by atoms with van der Waals surface area (Å²) in [7, 11) is 0. The molecule has 0 spiro atoms. The first-order valence-corrected chi connectivity index (χ1v) is 6.68. The molecule has 0 atom stereocenters. The van der Waals surface area contributed by atoms with Crippen LogP contribution in [0.3, 0.4) is 0 Å². The lowest BCUT2D eigenvalue weighted by Crippen LogP contribution is -2.05. The van der Waals surface area contributed by atoms with Crippen LogP contribution in [-0.2, 0) is 12.8 Å². The topological polar surface area (TPSA) is 37.3 Å². The summed E-state index contributed by atoms with van der Waals surface area (Å²) in [6, 6.07) is 12.1. The SMILES string of the molecule is CCCc1c(C(=O)O)ccc2c1Cc1ccccc1-2. The van der Waals surface area contributed by atoms with Crippen LogP contribution >= 0.6 is 0 Å². The first kappa shape index (κ1) is 12.0. The van der Waals surface area contributed by atoms with E-state index in [1.54, 1.807) is 6.07 Å². The lowest BCUT2D eigenvalue weighted by molar-refractivity contribution is 0.0695. The average Bonchev–Trinajstić information content (AvgIpc) is 2.78. The summed E-state index contributed by atoms with van der Waals surface area (Å²) in [5, 5.41) is 9.34. The van der Waals surface area contributed by atoms with Crippen LogP contribution in [0.4, 0.5) is 0 Å². The molecule has 0 saturated heterocycles. The van der Waals surface area contributed by atoms with Crippen LogP contribution in [-0.4, -0.2) is 11.1 Å². The summed E-state index contributed by atoms with van der Waals surface area (Å²) in [6.07, 6.45) is 2.66. The van der Waals surface area contributed by atoms with E-state index >= 15 is 0 Å². The van der Waals surface area contributed by atoms with Crippen molar-refractivity contribution in [2.45, 2.75) is 26.2 Å². The Bertz CT molecular complexity index is 656. The van der Waals surface area contributed by atoms with Gasteiger partial charge in [0, 0.05) is 0 Å². The Hall–Kier alpha value is -2.09. The van der Waals surface area contributed by atoms with Gasteiger partial charge in [-0.1, -0.05) is 43.7 Å². The molecule has 2 aromatic carbocycles. The van der Waals surface area contributed by atoms with Gasteiger partial charge < -0.3 is 5.11 Å². The minimum atomic E-state index is -0.817. The molecule has 2 nitrogen and oxygen atoms in total. The Labute approximate surface area is 112 Å². The fraction of sp³-hybridized carbons (Fsp3) is 0.235. The van der Waals surface area contributed by atoms with Gasteiger partial charge in [-0.3, -0.25) is 0 Å². The van der Waals surface area contributed by atoms with Crippen molar-refractivity contribution in [3.63, 3.8) is 0 Å². The summed E-state index contributed by atoms with van der Waals surface area (Å²) in [5.74, 6) is -0.817. The number of rotatable bonds is 3. The first-order chi connectivity index (χ1) is 9.22. The Morgan fingerprint density at radius 1 is 1.16 bits per heavy atom. The van der Waals surface area contributed by atoms with Crippen molar-refractivity contribution in [1.29, 1.82) is 0 Å². The molecule has 0 aliphatic heterocycles. The highest BCUT2D eigenvalue weighted by Gasteiger charge is 2.23. The summed E-state index contributed by atoms with van der Waals surface area (Å²) in [5.41, 5.74) is 6.47. The monoisotopic (exact) mass is 252 g/mol. The third-order valence-electron chi connectivity index (χ3n) is 3.84. The molecule has 19 heavy (non-hydrogen) atoms. The maximum Gasteiger partial charge on any atom is 0.335 e. The minimum absolute atomic E-state index is 0.466. The molecule has 3 rings (SSSR count). The maximum atomic E-state index is 11.4. The maximum absolute atomic E-state index is 11.4. The second-order valence-corrected chi connectivity index (χ2v) is 5.01. The summed E-state index contributed by atoms with van der Waals surface area (Å²) in [6.45, 7) is 2.09. The van der Waals surface area contributed by atoms with Crippen molar-refractivity contribution in [3.05, 3.63) is 58.7 Å². The van der Waals surface area contributed by atoms with Gasteiger partial charge in [0.25, 0.3) is 0 Å². The lowest BCUT2D eigenvalue weighted by Gasteiger charge is -2.11. The number of aromatic carboxylic acids is 1. The molecule has 0 bridgehead atoms. The molecule has 96 valence electrons. The zero-order chi connectivity index (χ0) is 13.4. The zero-order valence-electron chi connectivity index (χ0n) is 10.9. The van der Waals surface area contributed by atoms with Crippen LogP contribution < -0.4 is 0 Å². The molecule has 1 N–H and O–H groups in total. The van der Waals surface area contributed by atoms with Gasteiger partial charge in [0.1, 0.15) is 0 Å². The number of carboxylic acids is 1. The largest absolute Gasteiger partial charge is 0.478 e. The fourth-order valence-corrected chi connectivity index (χ4v) is 3.01. The van der Waals surface area contributed by atoms with Crippen molar-refractivity contribution in [1.82, 2.24) is 0 Å². The molecule has 2 heteroatoms. The van der Waals surface area contributed by atoms with Gasteiger partial charge in [-0.15, -0.1) is 0 Å². The lowest BCUT2D eigenvalue weighted by atomic mass is 9.93. The van der Waals surface area contributed by atoms with Crippen LogP contribution in [0.5, 0.6) is 0 Å². The zero-order valence-corrected chi connectivity index (χ0v) is 10.9. The summed E-state index contributed by atoms with van der Waals surface area (Å²) < 4.78 is 0. The molecule has 1 aliphatic carbocycles. The molecule has 0 aromatic heterocycles. The molecule has 1 aliphatic rings. The predicted molar refractivity (Wildman–Crippen MR) is 75.6 cm³/mol. The summed E-state index contributed by atoms with van der Waals surface area (Å²) in [4.78, 5) is 11.4. The predicted octanol–water partition coefficient (Wildman–Crippen LogP) is 3.91. The first-order valence-electron chi connectivity index (χ1n) is 6.68. The smallest absolute Gasteiger partial charge is 0.335 e. The molecule has 0 fully saturated rings. The van der Waals surface area contributed by atoms with Crippen molar-refractivity contribution in [2.75, 3.05) is 0 Å². The Kier molecular flexibility index (Phi) is 2.86. The standard InChI is InChI=1S/C17H16O2/c1-2-5-13-15(17(18)19)9-8-14-12-7-4-3-6-11(12)10-16(13)14/h3-4,6-9H,2,5,10H2,1H3,(H,18,19). The summed E-state index contributed by atoms with van der Waals surface area (Å²) >= 11 is 0. The van der Waals surface area contributed by atoms with Crippen molar-refractivity contribution < 1.29 is 9.90 Å². The third kappa shape index (κ3) is 1.84. The van der Waals surface area contributed by atoms with Gasteiger partial charge in [0.15, 0.2) is 0 Å². The highest BCUT2D eigenvalue weighted by molar-refractivity contribution is 5.92. The van der Waals surface area contributed by atoms with Gasteiger partial charge in [0.2, 0.25) is 0 Å². The second kappa shape index (κ2) is 4.54. The number of hydrogen-bond donors (Lipinski definition) is 1. The van der Waals surface area contributed by atoms with Gasteiger partial charge in [-0.05, 0) is 46.7 Å². The second-order valence-electron chi connectivity index (χ2n) is 5.01. The molecule has 0 radical (unpaired) electrons. The van der Waals surface area contributed by atoms with E-state index in [0.717, 1.165) is 24.8 Å². The number of carbonyl (C=O) groups is 1. The quantitative estimate of drug-likeness (QED) is 0.767. The van der Waals surface area contributed by atoms with Gasteiger partial charge in [0.05, 0.1) is 5.56 Å². The Morgan fingerprint density at radius 3 is 2.68 bits per heavy atom. The van der Waals surface area contributed by atoms with Crippen LogP contribution in [0.2, 0.25) is 0 Å². The molecule has 0 saturated carbocycles. The number of hydrogen-bond acceptors (Lipinski definition) is 1. The Morgan fingerprint density at radius 2 is 1.95 bits per heavy atom. The average molecular weight is 252 g/mol. The van der Waals surface area contributed by atoms with Crippen molar-refractivity contribution in [2.24, 2.45) is 0 Å².